The fourth-order valence-corrected chi connectivity index (χ4v) is 2.49. The third-order valence-electron chi connectivity index (χ3n) is 4.09. The maximum absolute atomic E-state index is 9.27. The molecule has 1 rings (SSSR count). The summed E-state index contributed by atoms with van der Waals surface area (Å²) in [6, 6.07) is 0.745. The van der Waals surface area contributed by atoms with Gasteiger partial charge in [0.15, 0.2) is 0 Å². The monoisotopic (exact) mass is 213 g/mol. The summed E-state index contributed by atoms with van der Waals surface area (Å²) < 4.78 is 0. The van der Waals surface area contributed by atoms with Crippen molar-refractivity contribution < 1.29 is 5.11 Å². The number of aliphatic hydroxyl groups excluding tert-OH is 1. The van der Waals surface area contributed by atoms with Gasteiger partial charge in [-0.3, -0.25) is 0 Å². The molecule has 90 valence electrons. The van der Waals surface area contributed by atoms with Gasteiger partial charge < -0.3 is 10.0 Å². The molecule has 0 aromatic heterocycles. The smallest absolute Gasteiger partial charge is 0.0524 e. The van der Waals surface area contributed by atoms with Gasteiger partial charge in [-0.15, -0.1) is 0 Å². The summed E-state index contributed by atoms with van der Waals surface area (Å²) in [4.78, 5) is 2.44. The van der Waals surface area contributed by atoms with Crippen LogP contribution in [0.2, 0.25) is 0 Å². The van der Waals surface area contributed by atoms with Gasteiger partial charge in [0.25, 0.3) is 0 Å². The van der Waals surface area contributed by atoms with Gasteiger partial charge in [0.05, 0.1) is 6.10 Å². The van der Waals surface area contributed by atoms with Crippen molar-refractivity contribution in [1.29, 1.82) is 0 Å². The molecule has 1 aliphatic rings. The highest BCUT2D eigenvalue weighted by atomic mass is 16.3. The van der Waals surface area contributed by atoms with Crippen molar-refractivity contribution in [3.8, 4) is 0 Å². The first kappa shape index (κ1) is 13.0. The first-order valence-corrected chi connectivity index (χ1v) is 6.39. The molecule has 1 N–H and O–H groups in total. The van der Waals surface area contributed by atoms with E-state index in [2.05, 4.69) is 25.8 Å². The SMILES string of the molecule is CC(O)CCN(C)C1CCC(C)C(C)C1. The Balaban J connectivity index is 2.30. The Morgan fingerprint density at radius 2 is 1.93 bits per heavy atom. The maximum Gasteiger partial charge on any atom is 0.0524 e. The Morgan fingerprint density at radius 1 is 1.27 bits per heavy atom. The van der Waals surface area contributed by atoms with Crippen LogP contribution in [0.25, 0.3) is 0 Å². The zero-order valence-electron chi connectivity index (χ0n) is 10.7. The second kappa shape index (κ2) is 5.86. The van der Waals surface area contributed by atoms with Crippen molar-refractivity contribution in [2.45, 2.75) is 58.6 Å². The molecule has 0 aliphatic heterocycles. The third-order valence-corrected chi connectivity index (χ3v) is 4.09. The minimum absolute atomic E-state index is 0.160. The maximum atomic E-state index is 9.27. The number of nitrogens with zero attached hydrogens (tertiary/aromatic N) is 1. The Kier molecular flexibility index (Phi) is 5.07. The molecule has 0 radical (unpaired) electrons. The van der Waals surface area contributed by atoms with E-state index in [0.29, 0.717) is 0 Å². The van der Waals surface area contributed by atoms with Crippen molar-refractivity contribution in [2.24, 2.45) is 11.8 Å². The average molecular weight is 213 g/mol. The second-order valence-electron chi connectivity index (χ2n) is 5.54. The summed E-state index contributed by atoms with van der Waals surface area (Å²) in [6.45, 7) is 7.65. The molecule has 1 fully saturated rings. The molecule has 0 saturated heterocycles. The summed E-state index contributed by atoms with van der Waals surface area (Å²) in [5.74, 6) is 1.75. The van der Waals surface area contributed by atoms with Crippen LogP contribution in [-0.2, 0) is 0 Å². The van der Waals surface area contributed by atoms with E-state index in [9.17, 15) is 5.11 Å². The zero-order chi connectivity index (χ0) is 11.4. The van der Waals surface area contributed by atoms with E-state index in [1.165, 1.54) is 19.3 Å². The summed E-state index contributed by atoms with van der Waals surface area (Å²) in [6.07, 6.45) is 4.77. The topological polar surface area (TPSA) is 23.5 Å². The van der Waals surface area contributed by atoms with E-state index in [4.69, 9.17) is 0 Å². The van der Waals surface area contributed by atoms with Crippen LogP contribution < -0.4 is 0 Å². The van der Waals surface area contributed by atoms with Crippen molar-refractivity contribution in [1.82, 2.24) is 4.90 Å². The van der Waals surface area contributed by atoms with Crippen LogP contribution in [0.15, 0.2) is 0 Å². The van der Waals surface area contributed by atoms with Gasteiger partial charge in [-0.1, -0.05) is 13.8 Å². The largest absolute Gasteiger partial charge is 0.393 e. The molecule has 0 aromatic carbocycles. The molecule has 0 aromatic rings. The number of rotatable bonds is 4. The number of hydrogen-bond donors (Lipinski definition) is 1. The molecular formula is C13H27NO. The number of hydrogen-bond acceptors (Lipinski definition) is 2. The normalized spacial score (nSPS) is 34.4. The van der Waals surface area contributed by atoms with Gasteiger partial charge in [-0.05, 0) is 51.5 Å². The minimum Gasteiger partial charge on any atom is -0.393 e. The van der Waals surface area contributed by atoms with E-state index in [1.807, 2.05) is 6.92 Å². The molecule has 4 atom stereocenters. The summed E-state index contributed by atoms with van der Waals surface area (Å²) in [5.41, 5.74) is 0. The molecule has 4 unspecified atom stereocenters. The average Bonchev–Trinajstić information content (AvgIpc) is 2.18. The van der Waals surface area contributed by atoms with E-state index in [1.54, 1.807) is 0 Å². The highest BCUT2D eigenvalue weighted by molar-refractivity contribution is 4.80. The van der Waals surface area contributed by atoms with Crippen molar-refractivity contribution in [3.05, 3.63) is 0 Å². The van der Waals surface area contributed by atoms with E-state index >= 15 is 0 Å². The predicted octanol–water partition coefficient (Wildman–Crippen LogP) is 2.51. The molecule has 1 saturated carbocycles. The first-order valence-electron chi connectivity index (χ1n) is 6.39. The molecule has 0 heterocycles. The van der Waals surface area contributed by atoms with Crippen LogP contribution in [0.3, 0.4) is 0 Å². The lowest BCUT2D eigenvalue weighted by molar-refractivity contribution is 0.108. The third kappa shape index (κ3) is 4.12. The Morgan fingerprint density at radius 3 is 2.47 bits per heavy atom. The molecule has 15 heavy (non-hydrogen) atoms. The molecule has 1 aliphatic carbocycles. The lowest BCUT2D eigenvalue weighted by Crippen LogP contribution is -2.38. The highest BCUT2D eigenvalue weighted by Gasteiger charge is 2.26. The lowest BCUT2D eigenvalue weighted by atomic mass is 9.78. The molecule has 0 amide bonds. The first-order chi connectivity index (χ1) is 7.00. The van der Waals surface area contributed by atoms with Crippen LogP contribution in [-0.4, -0.2) is 35.7 Å². The van der Waals surface area contributed by atoms with Gasteiger partial charge in [0.1, 0.15) is 0 Å². The molecular weight excluding hydrogens is 186 g/mol. The molecule has 0 bridgehead atoms. The standard InChI is InChI=1S/C13H27NO/c1-10-5-6-13(9-11(10)2)14(4)8-7-12(3)15/h10-13,15H,5-9H2,1-4H3. The quantitative estimate of drug-likeness (QED) is 0.775. The van der Waals surface area contributed by atoms with Gasteiger partial charge >= 0.3 is 0 Å². The van der Waals surface area contributed by atoms with Crippen LogP contribution in [0, 0.1) is 11.8 Å². The van der Waals surface area contributed by atoms with Gasteiger partial charge in [-0.25, -0.2) is 0 Å². The van der Waals surface area contributed by atoms with Crippen molar-refractivity contribution in [3.63, 3.8) is 0 Å². The van der Waals surface area contributed by atoms with Gasteiger partial charge in [0.2, 0.25) is 0 Å². The van der Waals surface area contributed by atoms with E-state index in [0.717, 1.165) is 30.8 Å². The summed E-state index contributed by atoms with van der Waals surface area (Å²) >= 11 is 0. The Labute approximate surface area is 94.7 Å². The predicted molar refractivity (Wildman–Crippen MR) is 64.9 cm³/mol. The van der Waals surface area contributed by atoms with Crippen LogP contribution in [0.1, 0.15) is 46.5 Å². The van der Waals surface area contributed by atoms with Crippen LogP contribution in [0.4, 0.5) is 0 Å². The Hall–Kier alpha value is -0.0800. The zero-order valence-corrected chi connectivity index (χ0v) is 10.7. The lowest BCUT2D eigenvalue weighted by Gasteiger charge is -2.37. The molecule has 2 nitrogen and oxygen atoms in total. The van der Waals surface area contributed by atoms with Crippen LogP contribution in [0.5, 0.6) is 0 Å². The summed E-state index contributed by atoms with van der Waals surface area (Å²) in [5, 5.41) is 9.27. The van der Waals surface area contributed by atoms with Gasteiger partial charge in [-0.2, -0.15) is 0 Å². The number of aliphatic hydroxyl groups is 1. The molecule has 2 heteroatoms. The fourth-order valence-electron chi connectivity index (χ4n) is 2.49. The summed E-state index contributed by atoms with van der Waals surface area (Å²) in [7, 11) is 2.20. The van der Waals surface area contributed by atoms with E-state index < -0.39 is 0 Å². The van der Waals surface area contributed by atoms with Crippen LogP contribution >= 0.6 is 0 Å². The van der Waals surface area contributed by atoms with Crippen molar-refractivity contribution in [2.75, 3.05) is 13.6 Å². The minimum atomic E-state index is -0.160. The van der Waals surface area contributed by atoms with E-state index in [-0.39, 0.29) is 6.10 Å². The fraction of sp³-hybridized carbons (Fsp3) is 1.00. The Bertz CT molecular complexity index is 181. The second-order valence-corrected chi connectivity index (χ2v) is 5.54. The molecule has 0 spiro atoms. The van der Waals surface area contributed by atoms with Crippen molar-refractivity contribution >= 4 is 0 Å². The van der Waals surface area contributed by atoms with Gasteiger partial charge in [0, 0.05) is 12.6 Å². The highest BCUT2D eigenvalue weighted by Crippen LogP contribution is 2.31.